The maximum Gasteiger partial charge on any atom is 0.390 e. The van der Waals surface area contributed by atoms with Crippen LogP contribution in [0.25, 0.3) is 0 Å². The predicted molar refractivity (Wildman–Crippen MR) is 69.2 cm³/mol. The highest BCUT2D eigenvalue weighted by molar-refractivity contribution is 5.83. The smallest absolute Gasteiger partial charge is 0.344 e. The standard InChI is InChI=1S/C14H17F3N2O/c1-19(9-7-14(15,16)17)13(20)12-11-5-3-2-4-10(11)6-8-18-12/h2-5,12,18H,6-9H2,1H3. The molecule has 3 nitrogen and oxygen atoms in total. The first-order valence-corrected chi connectivity index (χ1v) is 6.51. The van der Waals surface area contributed by atoms with Crippen LogP contribution in [0.15, 0.2) is 24.3 Å². The van der Waals surface area contributed by atoms with Gasteiger partial charge in [-0.3, -0.25) is 4.79 Å². The Balaban J connectivity index is 2.07. The van der Waals surface area contributed by atoms with Gasteiger partial charge in [0.25, 0.3) is 0 Å². The molecule has 20 heavy (non-hydrogen) atoms. The van der Waals surface area contributed by atoms with Crippen molar-refractivity contribution in [2.75, 3.05) is 20.1 Å². The highest BCUT2D eigenvalue weighted by Gasteiger charge is 2.31. The van der Waals surface area contributed by atoms with E-state index >= 15 is 0 Å². The Labute approximate surface area is 115 Å². The minimum atomic E-state index is -4.24. The Bertz CT molecular complexity index is 488. The Morgan fingerprint density at radius 2 is 2.10 bits per heavy atom. The SMILES string of the molecule is CN(CCC(F)(F)F)C(=O)C1NCCc2ccccc21. The van der Waals surface area contributed by atoms with Crippen molar-refractivity contribution in [3.63, 3.8) is 0 Å². The summed E-state index contributed by atoms with van der Waals surface area (Å²) in [4.78, 5) is 13.4. The van der Waals surface area contributed by atoms with Crippen LogP contribution in [0.2, 0.25) is 0 Å². The quantitative estimate of drug-likeness (QED) is 0.924. The van der Waals surface area contributed by atoms with Gasteiger partial charge in [0, 0.05) is 20.1 Å². The number of carbonyl (C=O) groups is 1. The molecule has 1 aliphatic heterocycles. The maximum absolute atomic E-state index is 12.3. The lowest BCUT2D eigenvalue weighted by atomic mass is 9.93. The van der Waals surface area contributed by atoms with Gasteiger partial charge in [0.05, 0.1) is 6.42 Å². The number of hydrogen-bond acceptors (Lipinski definition) is 2. The molecule has 1 atom stereocenters. The molecule has 0 bridgehead atoms. The van der Waals surface area contributed by atoms with Crippen LogP contribution in [0.3, 0.4) is 0 Å². The zero-order valence-electron chi connectivity index (χ0n) is 11.2. The molecule has 1 aliphatic rings. The molecule has 1 heterocycles. The summed E-state index contributed by atoms with van der Waals surface area (Å²) in [6.07, 6.45) is -4.40. The van der Waals surface area contributed by atoms with E-state index < -0.39 is 18.6 Å². The van der Waals surface area contributed by atoms with Gasteiger partial charge >= 0.3 is 6.18 Å². The fraction of sp³-hybridized carbons (Fsp3) is 0.500. The predicted octanol–water partition coefficient (Wildman–Crippen LogP) is 2.28. The van der Waals surface area contributed by atoms with Gasteiger partial charge in [-0.25, -0.2) is 0 Å². The van der Waals surface area contributed by atoms with Gasteiger partial charge in [-0.05, 0) is 17.5 Å². The Morgan fingerprint density at radius 3 is 2.80 bits per heavy atom. The highest BCUT2D eigenvalue weighted by atomic mass is 19.4. The average molecular weight is 286 g/mol. The van der Waals surface area contributed by atoms with E-state index in [0.29, 0.717) is 6.54 Å². The van der Waals surface area contributed by atoms with Crippen LogP contribution in [0, 0.1) is 0 Å². The molecule has 1 N–H and O–H groups in total. The molecule has 110 valence electrons. The molecule has 0 saturated heterocycles. The van der Waals surface area contributed by atoms with Crippen LogP contribution in [0.4, 0.5) is 13.2 Å². The molecular formula is C14H17F3N2O. The van der Waals surface area contributed by atoms with E-state index in [9.17, 15) is 18.0 Å². The molecule has 0 spiro atoms. The topological polar surface area (TPSA) is 32.3 Å². The van der Waals surface area contributed by atoms with E-state index in [1.165, 1.54) is 7.05 Å². The molecule has 1 aromatic rings. The number of likely N-dealkylation sites (N-methyl/N-ethyl adjacent to an activating group) is 1. The van der Waals surface area contributed by atoms with Crippen LogP contribution in [-0.2, 0) is 11.2 Å². The van der Waals surface area contributed by atoms with Gasteiger partial charge in [0.1, 0.15) is 6.04 Å². The van der Waals surface area contributed by atoms with Crippen LogP contribution in [-0.4, -0.2) is 37.1 Å². The molecule has 1 amide bonds. The van der Waals surface area contributed by atoms with Crippen LogP contribution < -0.4 is 5.32 Å². The van der Waals surface area contributed by atoms with Gasteiger partial charge in [0.15, 0.2) is 0 Å². The second-order valence-electron chi connectivity index (χ2n) is 4.96. The van der Waals surface area contributed by atoms with E-state index in [-0.39, 0.29) is 12.5 Å². The summed E-state index contributed by atoms with van der Waals surface area (Å²) in [5.41, 5.74) is 1.94. The first-order valence-electron chi connectivity index (χ1n) is 6.51. The number of halogens is 3. The summed E-state index contributed by atoms with van der Waals surface area (Å²) in [6, 6.07) is 6.99. The number of benzene rings is 1. The number of nitrogens with one attached hydrogen (secondary N) is 1. The van der Waals surface area contributed by atoms with E-state index in [4.69, 9.17) is 0 Å². The van der Waals surface area contributed by atoms with Crippen LogP contribution in [0.1, 0.15) is 23.6 Å². The fourth-order valence-electron chi connectivity index (χ4n) is 2.35. The molecule has 0 radical (unpaired) electrons. The van der Waals surface area contributed by atoms with Gasteiger partial charge in [-0.1, -0.05) is 24.3 Å². The molecule has 0 aromatic heterocycles. The van der Waals surface area contributed by atoms with Crippen molar-refractivity contribution < 1.29 is 18.0 Å². The largest absolute Gasteiger partial charge is 0.390 e. The number of rotatable bonds is 3. The number of fused-ring (bicyclic) bond motifs is 1. The van der Waals surface area contributed by atoms with Crippen molar-refractivity contribution in [3.05, 3.63) is 35.4 Å². The number of carbonyl (C=O) groups excluding carboxylic acids is 1. The monoisotopic (exact) mass is 286 g/mol. The molecule has 0 aliphatic carbocycles. The minimum Gasteiger partial charge on any atom is -0.344 e. The number of amides is 1. The van der Waals surface area contributed by atoms with Crippen molar-refractivity contribution in [1.29, 1.82) is 0 Å². The normalized spacial score (nSPS) is 18.5. The van der Waals surface area contributed by atoms with Crippen molar-refractivity contribution in [2.24, 2.45) is 0 Å². The lowest BCUT2D eigenvalue weighted by molar-refractivity contribution is -0.145. The van der Waals surface area contributed by atoms with E-state index in [0.717, 1.165) is 22.4 Å². The third kappa shape index (κ3) is 3.50. The van der Waals surface area contributed by atoms with Gasteiger partial charge in [-0.15, -0.1) is 0 Å². The molecular weight excluding hydrogens is 269 g/mol. The number of nitrogens with zero attached hydrogens (tertiary/aromatic N) is 1. The summed E-state index contributed by atoms with van der Waals surface area (Å²) in [5.74, 6) is -0.318. The van der Waals surface area contributed by atoms with Crippen molar-refractivity contribution in [1.82, 2.24) is 10.2 Å². The van der Waals surface area contributed by atoms with Crippen molar-refractivity contribution >= 4 is 5.91 Å². The summed E-state index contributed by atoms with van der Waals surface area (Å²) < 4.78 is 36.6. The van der Waals surface area contributed by atoms with Gasteiger partial charge < -0.3 is 10.2 Å². The number of alkyl halides is 3. The van der Waals surface area contributed by atoms with Crippen LogP contribution in [0.5, 0.6) is 0 Å². The molecule has 0 saturated carbocycles. The second kappa shape index (κ2) is 5.83. The lowest BCUT2D eigenvalue weighted by Crippen LogP contribution is -2.43. The zero-order valence-corrected chi connectivity index (χ0v) is 11.2. The third-order valence-electron chi connectivity index (χ3n) is 3.46. The lowest BCUT2D eigenvalue weighted by Gasteiger charge is -2.29. The Kier molecular flexibility index (Phi) is 4.32. The molecule has 6 heteroatoms. The average Bonchev–Trinajstić information content (AvgIpc) is 2.42. The second-order valence-corrected chi connectivity index (χ2v) is 4.96. The third-order valence-corrected chi connectivity index (χ3v) is 3.46. The maximum atomic E-state index is 12.3. The highest BCUT2D eigenvalue weighted by Crippen LogP contribution is 2.25. The van der Waals surface area contributed by atoms with E-state index in [1.54, 1.807) is 0 Å². The van der Waals surface area contributed by atoms with Crippen molar-refractivity contribution in [2.45, 2.75) is 25.1 Å². The van der Waals surface area contributed by atoms with Crippen molar-refractivity contribution in [3.8, 4) is 0 Å². The Morgan fingerprint density at radius 1 is 1.40 bits per heavy atom. The van der Waals surface area contributed by atoms with E-state index in [2.05, 4.69) is 5.32 Å². The number of hydrogen-bond donors (Lipinski definition) is 1. The summed E-state index contributed by atoms with van der Waals surface area (Å²) in [5, 5.41) is 3.08. The van der Waals surface area contributed by atoms with Gasteiger partial charge in [-0.2, -0.15) is 13.2 Å². The summed E-state index contributed by atoms with van der Waals surface area (Å²) >= 11 is 0. The molecule has 2 rings (SSSR count). The summed E-state index contributed by atoms with van der Waals surface area (Å²) in [7, 11) is 1.41. The Hall–Kier alpha value is -1.56. The molecule has 0 fully saturated rings. The van der Waals surface area contributed by atoms with Crippen LogP contribution >= 0.6 is 0 Å². The van der Waals surface area contributed by atoms with Gasteiger partial charge in [0.2, 0.25) is 5.91 Å². The first kappa shape index (κ1) is 14.8. The fourth-order valence-corrected chi connectivity index (χ4v) is 2.35. The molecule has 1 aromatic carbocycles. The first-order chi connectivity index (χ1) is 9.38. The van der Waals surface area contributed by atoms with E-state index in [1.807, 2.05) is 24.3 Å². The minimum absolute atomic E-state index is 0.317. The summed E-state index contributed by atoms with van der Waals surface area (Å²) in [6.45, 7) is 0.337. The molecule has 1 unspecified atom stereocenters. The zero-order chi connectivity index (χ0) is 14.8.